The van der Waals surface area contributed by atoms with E-state index in [1.165, 1.54) is 18.4 Å². The van der Waals surface area contributed by atoms with Crippen molar-refractivity contribution in [3.05, 3.63) is 34.3 Å². The summed E-state index contributed by atoms with van der Waals surface area (Å²) < 4.78 is 6.87. The van der Waals surface area contributed by atoms with E-state index in [9.17, 15) is 4.79 Å². The van der Waals surface area contributed by atoms with Crippen molar-refractivity contribution in [1.29, 1.82) is 0 Å². The summed E-state index contributed by atoms with van der Waals surface area (Å²) in [6.07, 6.45) is 2.38. The van der Waals surface area contributed by atoms with Gasteiger partial charge in [-0.2, -0.15) is 0 Å². The average molecular weight is 232 g/mol. The number of nitrogens with one attached hydrogen (secondary N) is 1. The SMILES string of the molecule is CCn1c(=O)oc2ccc(C3CCCN3)cc21. The van der Waals surface area contributed by atoms with Crippen LogP contribution in [0.1, 0.15) is 31.4 Å². The number of rotatable bonds is 2. The molecule has 4 nitrogen and oxygen atoms in total. The monoisotopic (exact) mass is 232 g/mol. The molecular weight excluding hydrogens is 216 g/mol. The molecule has 90 valence electrons. The zero-order chi connectivity index (χ0) is 11.8. The number of hydrogen-bond donors (Lipinski definition) is 1. The highest BCUT2D eigenvalue weighted by Gasteiger charge is 2.17. The van der Waals surface area contributed by atoms with Crippen molar-refractivity contribution in [2.24, 2.45) is 0 Å². The highest BCUT2D eigenvalue weighted by molar-refractivity contribution is 5.74. The van der Waals surface area contributed by atoms with E-state index in [1.807, 2.05) is 19.1 Å². The summed E-state index contributed by atoms with van der Waals surface area (Å²) in [6, 6.07) is 6.45. The van der Waals surface area contributed by atoms with Crippen LogP contribution in [0.4, 0.5) is 0 Å². The molecule has 1 aromatic heterocycles. The maximum absolute atomic E-state index is 11.6. The normalized spacial score (nSPS) is 20.2. The van der Waals surface area contributed by atoms with Crippen LogP contribution in [-0.4, -0.2) is 11.1 Å². The zero-order valence-electron chi connectivity index (χ0n) is 9.90. The number of hydrogen-bond acceptors (Lipinski definition) is 3. The molecule has 1 fully saturated rings. The minimum atomic E-state index is -0.265. The Labute approximate surface area is 99.2 Å². The highest BCUT2D eigenvalue weighted by atomic mass is 16.4. The van der Waals surface area contributed by atoms with Gasteiger partial charge in [-0.05, 0) is 44.0 Å². The van der Waals surface area contributed by atoms with Crippen molar-refractivity contribution in [2.45, 2.75) is 32.4 Å². The zero-order valence-corrected chi connectivity index (χ0v) is 9.90. The summed E-state index contributed by atoms with van der Waals surface area (Å²) in [7, 11) is 0. The Morgan fingerprint density at radius 1 is 1.53 bits per heavy atom. The smallest absolute Gasteiger partial charge is 0.408 e. The lowest BCUT2D eigenvalue weighted by Crippen LogP contribution is -2.14. The topological polar surface area (TPSA) is 47.2 Å². The Morgan fingerprint density at radius 3 is 3.12 bits per heavy atom. The fourth-order valence-corrected chi connectivity index (χ4v) is 2.56. The quantitative estimate of drug-likeness (QED) is 0.862. The van der Waals surface area contributed by atoms with Crippen molar-refractivity contribution < 1.29 is 4.42 Å². The first kappa shape index (κ1) is 10.6. The molecule has 0 amide bonds. The second-order valence-electron chi connectivity index (χ2n) is 4.49. The largest absolute Gasteiger partial charge is 0.419 e. The molecule has 17 heavy (non-hydrogen) atoms. The van der Waals surface area contributed by atoms with E-state index in [0.29, 0.717) is 18.2 Å². The molecule has 1 N–H and O–H groups in total. The van der Waals surface area contributed by atoms with Gasteiger partial charge >= 0.3 is 5.76 Å². The number of fused-ring (bicyclic) bond motifs is 1. The molecule has 0 aliphatic carbocycles. The summed E-state index contributed by atoms with van der Waals surface area (Å²) in [5.74, 6) is -0.265. The summed E-state index contributed by atoms with van der Waals surface area (Å²) >= 11 is 0. The molecule has 1 aliphatic rings. The van der Waals surface area contributed by atoms with E-state index >= 15 is 0 Å². The lowest BCUT2D eigenvalue weighted by atomic mass is 10.1. The van der Waals surface area contributed by atoms with Crippen LogP contribution in [0.3, 0.4) is 0 Å². The molecule has 0 radical (unpaired) electrons. The van der Waals surface area contributed by atoms with Crippen LogP contribution in [0.2, 0.25) is 0 Å². The van der Waals surface area contributed by atoms with Crippen molar-refractivity contribution in [2.75, 3.05) is 6.54 Å². The van der Waals surface area contributed by atoms with Crippen LogP contribution in [-0.2, 0) is 6.54 Å². The first-order valence-corrected chi connectivity index (χ1v) is 6.16. The molecule has 1 saturated heterocycles. The lowest BCUT2D eigenvalue weighted by molar-refractivity contribution is 0.513. The molecular formula is C13H16N2O2. The summed E-state index contributed by atoms with van der Waals surface area (Å²) in [5.41, 5.74) is 2.83. The van der Waals surface area contributed by atoms with Crippen LogP contribution in [0.15, 0.2) is 27.4 Å². The molecule has 0 bridgehead atoms. The molecule has 4 heteroatoms. The van der Waals surface area contributed by atoms with Crippen molar-refractivity contribution in [1.82, 2.24) is 9.88 Å². The van der Waals surface area contributed by atoms with Crippen molar-refractivity contribution in [3.8, 4) is 0 Å². The molecule has 1 unspecified atom stereocenters. The molecule has 2 heterocycles. The fourth-order valence-electron chi connectivity index (χ4n) is 2.56. The van der Waals surface area contributed by atoms with Crippen molar-refractivity contribution >= 4 is 11.1 Å². The number of benzene rings is 1. The maximum atomic E-state index is 11.6. The van der Waals surface area contributed by atoms with E-state index in [2.05, 4.69) is 11.4 Å². The van der Waals surface area contributed by atoms with Gasteiger partial charge < -0.3 is 9.73 Å². The van der Waals surface area contributed by atoms with Gasteiger partial charge in [0.1, 0.15) is 0 Å². The standard InChI is InChI=1S/C13H16N2O2/c1-2-15-11-8-9(10-4-3-7-14-10)5-6-12(11)17-13(15)16/h5-6,8,10,14H,2-4,7H2,1H3. The van der Waals surface area contributed by atoms with Crippen LogP contribution < -0.4 is 11.1 Å². The van der Waals surface area contributed by atoms with Gasteiger partial charge in [0.05, 0.1) is 5.52 Å². The van der Waals surface area contributed by atoms with Crippen LogP contribution in [0, 0.1) is 0 Å². The first-order chi connectivity index (χ1) is 8.29. The number of nitrogens with zero attached hydrogens (tertiary/aromatic N) is 1. The first-order valence-electron chi connectivity index (χ1n) is 6.16. The van der Waals surface area contributed by atoms with Crippen molar-refractivity contribution in [3.63, 3.8) is 0 Å². The lowest BCUT2D eigenvalue weighted by Gasteiger charge is -2.10. The minimum Gasteiger partial charge on any atom is -0.408 e. The Bertz CT molecular complexity index is 591. The second kappa shape index (κ2) is 4.04. The van der Waals surface area contributed by atoms with E-state index < -0.39 is 0 Å². The molecule has 1 atom stereocenters. The summed E-state index contributed by atoms with van der Waals surface area (Å²) in [4.78, 5) is 11.6. The molecule has 1 aromatic carbocycles. The Hall–Kier alpha value is -1.55. The fraction of sp³-hybridized carbons (Fsp3) is 0.462. The molecule has 3 rings (SSSR count). The van der Waals surface area contributed by atoms with Gasteiger partial charge in [0.15, 0.2) is 5.58 Å². The van der Waals surface area contributed by atoms with Gasteiger partial charge in [-0.15, -0.1) is 0 Å². The number of aryl methyl sites for hydroxylation is 1. The third-order valence-electron chi connectivity index (χ3n) is 3.47. The number of aromatic nitrogens is 1. The second-order valence-corrected chi connectivity index (χ2v) is 4.49. The Morgan fingerprint density at radius 2 is 2.41 bits per heavy atom. The summed E-state index contributed by atoms with van der Waals surface area (Å²) in [6.45, 7) is 3.68. The average Bonchev–Trinajstić information content (AvgIpc) is 2.93. The molecule has 1 aliphatic heterocycles. The van der Waals surface area contributed by atoms with Gasteiger partial charge in [0.2, 0.25) is 0 Å². The molecule has 2 aromatic rings. The van der Waals surface area contributed by atoms with E-state index in [4.69, 9.17) is 4.42 Å². The van der Waals surface area contributed by atoms with Gasteiger partial charge in [0.25, 0.3) is 0 Å². The predicted octanol–water partition coefficient (Wildman–Crippen LogP) is 2.04. The predicted molar refractivity (Wildman–Crippen MR) is 66.1 cm³/mol. The Kier molecular flexibility index (Phi) is 2.52. The van der Waals surface area contributed by atoms with Gasteiger partial charge in [0, 0.05) is 12.6 Å². The van der Waals surface area contributed by atoms with E-state index in [1.54, 1.807) is 4.57 Å². The van der Waals surface area contributed by atoms with Gasteiger partial charge in [-0.25, -0.2) is 4.79 Å². The third-order valence-corrected chi connectivity index (χ3v) is 3.47. The van der Waals surface area contributed by atoms with E-state index in [-0.39, 0.29) is 5.76 Å². The molecule has 0 saturated carbocycles. The van der Waals surface area contributed by atoms with Gasteiger partial charge in [-0.3, -0.25) is 4.57 Å². The van der Waals surface area contributed by atoms with Crippen LogP contribution >= 0.6 is 0 Å². The maximum Gasteiger partial charge on any atom is 0.419 e. The molecule has 0 spiro atoms. The van der Waals surface area contributed by atoms with Crippen LogP contribution in [0.5, 0.6) is 0 Å². The summed E-state index contributed by atoms with van der Waals surface area (Å²) in [5, 5.41) is 3.46. The third kappa shape index (κ3) is 1.69. The van der Waals surface area contributed by atoms with Gasteiger partial charge in [-0.1, -0.05) is 6.07 Å². The Balaban J connectivity index is 2.13. The highest BCUT2D eigenvalue weighted by Crippen LogP contribution is 2.25. The number of oxazole rings is 1. The van der Waals surface area contributed by atoms with Crippen LogP contribution in [0.25, 0.3) is 11.1 Å². The van der Waals surface area contributed by atoms with E-state index in [0.717, 1.165) is 12.1 Å². The minimum absolute atomic E-state index is 0.265.